The van der Waals surface area contributed by atoms with E-state index < -0.39 is 0 Å². The second-order valence-electron chi connectivity index (χ2n) is 2.51. The van der Waals surface area contributed by atoms with Crippen LogP contribution in [-0.4, -0.2) is 35.3 Å². The van der Waals surface area contributed by atoms with Gasteiger partial charge in [-0.15, -0.1) is 0 Å². The molecule has 1 rings (SSSR count). The summed E-state index contributed by atoms with van der Waals surface area (Å²) in [6.07, 6.45) is 2.87. The molecule has 0 aromatic carbocycles. The van der Waals surface area contributed by atoms with Crippen molar-refractivity contribution in [2.24, 2.45) is 4.99 Å². The highest BCUT2D eigenvalue weighted by Gasteiger charge is 2.05. The molecule has 0 amide bonds. The van der Waals surface area contributed by atoms with Gasteiger partial charge in [-0.1, -0.05) is 23.2 Å². The largest absolute Gasteiger partial charge is 0.369 e. The summed E-state index contributed by atoms with van der Waals surface area (Å²) >= 11 is 11.5. The van der Waals surface area contributed by atoms with Crippen molar-refractivity contribution in [3.05, 3.63) is 16.6 Å². The summed E-state index contributed by atoms with van der Waals surface area (Å²) in [5.41, 5.74) is 0.388. The standard InChI is InChI=1S/C7H8Cl2N4/c1-13(2)4-12-5-6(8)10-3-11-7(5)9/h3-4H,1-2H3. The summed E-state index contributed by atoms with van der Waals surface area (Å²) < 4.78 is 0. The van der Waals surface area contributed by atoms with Gasteiger partial charge in [0.05, 0.1) is 6.34 Å². The maximum Gasteiger partial charge on any atom is 0.159 e. The molecule has 0 aliphatic carbocycles. The van der Waals surface area contributed by atoms with Gasteiger partial charge in [-0.25, -0.2) is 15.0 Å². The smallest absolute Gasteiger partial charge is 0.159 e. The molecule has 13 heavy (non-hydrogen) atoms. The van der Waals surface area contributed by atoms with E-state index in [9.17, 15) is 0 Å². The van der Waals surface area contributed by atoms with Crippen LogP contribution in [0.3, 0.4) is 0 Å². The molecule has 0 spiro atoms. The second kappa shape index (κ2) is 4.39. The molecule has 0 bridgehead atoms. The highest BCUT2D eigenvalue weighted by molar-refractivity contribution is 6.37. The molecule has 0 radical (unpaired) electrons. The Bertz CT molecular complexity index is 304. The fourth-order valence-electron chi connectivity index (χ4n) is 0.617. The molecular weight excluding hydrogens is 211 g/mol. The van der Waals surface area contributed by atoms with E-state index in [1.807, 2.05) is 14.1 Å². The van der Waals surface area contributed by atoms with Gasteiger partial charge in [-0.05, 0) is 0 Å². The lowest BCUT2D eigenvalue weighted by atomic mass is 10.5. The van der Waals surface area contributed by atoms with E-state index in [0.29, 0.717) is 5.69 Å². The van der Waals surface area contributed by atoms with E-state index in [0.717, 1.165) is 0 Å². The monoisotopic (exact) mass is 218 g/mol. The Morgan fingerprint density at radius 3 is 2.31 bits per heavy atom. The molecule has 0 atom stereocenters. The van der Waals surface area contributed by atoms with Crippen LogP contribution in [0.15, 0.2) is 11.3 Å². The van der Waals surface area contributed by atoms with Crippen molar-refractivity contribution in [2.75, 3.05) is 14.1 Å². The molecule has 0 saturated heterocycles. The van der Waals surface area contributed by atoms with E-state index in [1.54, 1.807) is 11.2 Å². The molecule has 0 saturated carbocycles. The first-order chi connectivity index (χ1) is 6.11. The molecule has 0 fully saturated rings. The molecule has 0 N–H and O–H groups in total. The lowest BCUT2D eigenvalue weighted by Gasteiger charge is -2.03. The number of hydrogen-bond donors (Lipinski definition) is 0. The van der Waals surface area contributed by atoms with Gasteiger partial charge < -0.3 is 4.90 Å². The van der Waals surface area contributed by atoms with E-state index in [2.05, 4.69) is 15.0 Å². The number of rotatable bonds is 2. The lowest BCUT2D eigenvalue weighted by molar-refractivity contribution is 0.643. The van der Waals surface area contributed by atoms with Crippen molar-refractivity contribution >= 4 is 35.2 Å². The summed E-state index contributed by atoms with van der Waals surface area (Å²) in [6.45, 7) is 0. The number of aliphatic imine (C=N–C) groups is 1. The van der Waals surface area contributed by atoms with Crippen molar-refractivity contribution in [3.8, 4) is 0 Å². The van der Waals surface area contributed by atoms with Crippen LogP contribution in [0.5, 0.6) is 0 Å². The van der Waals surface area contributed by atoms with E-state index in [1.165, 1.54) is 6.33 Å². The molecule has 1 heterocycles. The lowest BCUT2D eigenvalue weighted by Crippen LogP contribution is -2.07. The topological polar surface area (TPSA) is 41.4 Å². The summed E-state index contributed by atoms with van der Waals surface area (Å²) in [6, 6.07) is 0. The maximum atomic E-state index is 5.75. The minimum atomic E-state index is 0.248. The van der Waals surface area contributed by atoms with Crippen LogP contribution in [0, 0.1) is 0 Å². The second-order valence-corrected chi connectivity index (χ2v) is 3.23. The Labute approximate surface area is 86.2 Å². The van der Waals surface area contributed by atoms with Gasteiger partial charge in [0.25, 0.3) is 0 Å². The fraction of sp³-hybridized carbons (Fsp3) is 0.286. The Hall–Kier alpha value is -0.870. The van der Waals surface area contributed by atoms with Crippen LogP contribution in [0.2, 0.25) is 10.3 Å². The average molecular weight is 219 g/mol. The summed E-state index contributed by atoms with van der Waals surface area (Å²) in [5, 5.41) is 0.496. The van der Waals surface area contributed by atoms with Crippen molar-refractivity contribution in [2.45, 2.75) is 0 Å². The van der Waals surface area contributed by atoms with Crippen LogP contribution in [0.1, 0.15) is 0 Å². The van der Waals surface area contributed by atoms with Gasteiger partial charge in [-0.2, -0.15) is 0 Å². The van der Waals surface area contributed by atoms with Gasteiger partial charge in [0, 0.05) is 14.1 Å². The molecule has 4 nitrogen and oxygen atoms in total. The van der Waals surface area contributed by atoms with Gasteiger partial charge >= 0.3 is 0 Å². The molecule has 70 valence electrons. The van der Waals surface area contributed by atoms with Crippen LogP contribution in [0.4, 0.5) is 5.69 Å². The van der Waals surface area contributed by atoms with Crippen molar-refractivity contribution < 1.29 is 0 Å². The number of aromatic nitrogens is 2. The summed E-state index contributed by atoms with van der Waals surface area (Å²) in [7, 11) is 3.68. The average Bonchev–Trinajstić information content (AvgIpc) is 2.03. The third-order valence-electron chi connectivity index (χ3n) is 1.15. The van der Waals surface area contributed by atoms with E-state index in [-0.39, 0.29) is 10.3 Å². The molecule has 0 aliphatic heterocycles. The summed E-state index contributed by atoms with van der Waals surface area (Å²) in [4.78, 5) is 13.3. The zero-order valence-electron chi connectivity index (χ0n) is 7.20. The summed E-state index contributed by atoms with van der Waals surface area (Å²) in [5.74, 6) is 0. The maximum absolute atomic E-state index is 5.75. The normalized spacial score (nSPS) is 10.8. The highest BCUT2D eigenvalue weighted by Crippen LogP contribution is 2.28. The first-order valence-corrected chi connectivity index (χ1v) is 4.23. The van der Waals surface area contributed by atoms with E-state index in [4.69, 9.17) is 23.2 Å². The Morgan fingerprint density at radius 2 is 1.85 bits per heavy atom. The minimum absolute atomic E-state index is 0.248. The molecule has 1 aromatic rings. The van der Waals surface area contributed by atoms with Gasteiger partial charge in [0.2, 0.25) is 0 Å². The Balaban J connectivity index is 3.00. The van der Waals surface area contributed by atoms with Crippen LogP contribution in [0.25, 0.3) is 0 Å². The van der Waals surface area contributed by atoms with Crippen molar-refractivity contribution in [1.29, 1.82) is 0 Å². The molecule has 0 aliphatic rings. The SMILES string of the molecule is CN(C)C=Nc1c(Cl)ncnc1Cl. The van der Waals surface area contributed by atoms with E-state index >= 15 is 0 Å². The van der Waals surface area contributed by atoms with Crippen LogP contribution < -0.4 is 0 Å². The third-order valence-corrected chi connectivity index (χ3v) is 1.70. The number of halogens is 2. The van der Waals surface area contributed by atoms with Gasteiger partial charge in [-0.3, -0.25) is 0 Å². The molecule has 1 aromatic heterocycles. The predicted molar refractivity (Wildman–Crippen MR) is 53.9 cm³/mol. The number of nitrogens with zero attached hydrogens (tertiary/aromatic N) is 4. The Kier molecular flexibility index (Phi) is 3.45. The first-order valence-electron chi connectivity index (χ1n) is 3.48. The zero-order chi connectivity index (χ0) is 9.84. The fourth-order valence-corrected chi connectivity index (χ4v) is 1.03. The first kappa shape index (κ1) is 10.2. The molecule has 6 heteroatoms. The quantitative estimate of drug-likeness (QED) is 0.434. The highest BCUT2D eigenvalue weighted by atomic mass is 35.5. The minimum Gasteiger partial charge on any atom is -0.369 e. The van der Waals surface area contributed by atoms with Crippen LogP contribution in [-0.2, 0) is 0 Å². The van der Waals surface area contributed by atoms with Crippen molar-refractivity contribution in [3.63, 3.8) is 0 Å². The molecule has 0 unspecified atom stereocenters. The number of hydrogen-bond acceptors (Lipinski definition) is 3. The van der Waals surface area contributed by atoms with Crippen molar-refractivity contribution in [1.82, 2.24) is 14.9 Å². The van der Waals surface area contributed by atoms with Crippen LogP contribution >= 0.6 is 23.2 Å². The molecular formula is C7H8Cl2N4. The van der Waals surface area contributed by atoms with Gasteiger partial charge in [0.15, 0.2) is 10.3 Å². The Morgan fingerprint density at radius 1 is 1.31 bits per heavy atom. The predicted octanol–water partition coefficient (Wildman–Crippen LogP) is 2.00. The van der Waals surface area contributed by atoms with Gasteiger partial charge in [0.1, 0.15) is 12.0 Å². The zero-order valence-corrected chi connectivity index (χ0v) is 8.71. The third kappa shape index (κ3) is 2.82.